The van der Waals surface area contributed by atoms with Crippen molar-refractivity contribution in [3.63, 3.8) is 0 Å². The van der Waals surface area contributed by atoms with Crippen LogP contribution >= 0.6 is 0 Å². The van der Waals surface area contributed by atoms with Crippen molar-refractivity contribution < 1.29 is 9.90 Å². The molecule has 0 amide bonds. The molecule has 1 aromatic heterocycles. The van der Waals surface area contributed by atoms with E-state index in [2.05, 4.69) is 15.3 Å². The van der Waals surface area contributed by atoms with Gasteiger partial charge in [0.2, 0.25) is 0 Å². The topological polar surface area (TPSA) is 75.1 Å². The number of nitrogens with zero attached hydrogens (tertiary/aromatic N) is 2. The first-order valence-corrected chi connectivity index (χ1v) is 4.44. The SMILES string of the molecule is Cc1nccc(NCCCC(=O)O)n1. The summed E-state index contributed by atoms with van der Waals surface area (Å²) in [5, 5.41) is 11.4. The Hall–Kier alpha value is -1.65. The molecule has 1 aromatic rings. The molecule has 5 heteroatoms. The molecule has 0 unspecified atom stereocenters. The first kappa shape index (κ1) is 10.4. The van der Waals surface area contributed by atoms with Gasteiger partial charge in [0.05, 0.1) is 0 Å². The summed E-state index contributed by atoms with van der Waals surface area (Å²) in [6, 6.07) is 1.76. The molecule has 0 aromatic carbocycles. The van der Waals surface area contributed by atoms with Gasteiger partial charge in [-0.25, -0.2) is 9.97 Å². The summed E-state index contributed by atoms with van der Waals surface area (Å²) < 4.78 is 0. The summed E-state index contributed by atoms with van der Waals surface area (Å²) in [4.78, 5) is 18.3. The lowest BCUT2D eigenvalue weighted by atomic mass is 10.3. The summed E-state index contributed by atoms with van der Waals surface area (Å²) in [5.41, 5.74) is 0. The zero-order valence-electron chi connectivity index (χ0n) is 8.03. The van der Waals surface area contributed by atoms with Crippen molar-refractivity contribution in [2.75, 3.05) is 11.9 Å². The Morgan fingerprint density at radius 3 is 3.07 bits per heavy atom. The number of nitrogens with one attached hydrogen (secondary N) is 1. The Morgan fingerprint density at radius 1 is 1.64 bits per heavy atom. The van der Waals surface area contributed by atoms with Crippen LogP contribution in [0.5, 0.6) is 0 Å². The van der Waals surface area contributed by atoms with Gasteiger partial charge in [-0.2, -0.15) is 0 Å². The van der Waals surface area contributed by atoms with Crippen LogP contribution in [0.1, 0.15) is 18.7 Å². The number of hydrogen-bond donors (Lipinski definition) is 2. The maximum absolute atomic E-state index is 10.2. The molecule has 1 rings (SSSR count). The minimum atomic E-state index is -0.773. The van der Waals surface area contributed by atoms with Crippen LogP contribution in [0, 0.1) is 6.92 Å². The fourth-order valence-corrected chi connectivity index (χ4v) is 1.01. The molecule has 0 aliphatic carbocycles. The Bertz CT molecular complexity index is 315. The fraction of sp³-hybridized carbons (Fsp3) is 0.444. The summed E-state index contributed by atoms with van der Waals surface area (Å²) >= 11 is 0. The smallest absolute Gasteiger partial charge is 0.303 e. The molecule has 0 saturated carbocycles. The number of carboxylic acid groups (broad SMARTS) is 1. The third-order valence-corrected chi connectivity index (χ3v) is 1.65. The van der Waals surface area contributed by atoms with Crippen LogP contribution in [0.2, 0.25) is 0 Å². The first-order valence-electron chi connectivity index (χ1n) is 4.44. The van der Waals surface area contributed by atoms with Crippen LogP contribution in [0.15, 0.2) is 12.3 Å². The lowest BCUT2D eigenvalue weighted by Gasteiger charge is -2.03. The molecule has 0 radical (unpaired) electrons. The van der Waals surface area contributed by atoms with E-state index in [-0.39, 0.29) is 6.42 Å². The Labute approximate surface area is 82.2 Å². The highest BCUT2D eigenvalue weighted by Gasteiger charge is 1.97. The molecule has 0 aliphatic heterocycles. The summed E-state index contributed by atoms with van der Waals surface area (Å²) in [6.07, 6.45) is 2.44. The van der Waals surface area contributed by atoms with Gasteiger partial charge in [-0.3, -0.25) is 4.79 Å². The van der Waals surface area contributed by atoms with E-state index >= 15 is 0 Å². The van der Waals surface area contributed by atoms with E-state index in [1.807, 2.05) is 6.92 Å². The summed E-state index contributed by atoms with van der Waals surface area (Å²) in [6.45, 7) is 2.42. The van der Waals surface area contributed by atoms with Crippen molar-refractivity contribution in [3.05, 3.63) is 18.1 Å². The lowest BCUT2D eigenvalue weighted by Crippen LogP contribution is -2.06. The van der Waals surface area contributed by atoms with Gasteiger partial charge in [0.25, 0.3) is 0 Å². The van der Waals surface area contributed by atoms with Crippen LogP contribution in [-0.2, 0) is 4.79 Å². The number of anilines is 1. The molecule has 0 aliphatic rings. The molecule has 0 atom stereocenters. The van der Waals surface area contributed by atoms with Crippen LogP contribution in [0.3, 0.4) is 0 Å². The average molecular weight is 195 g/mol. The maximum atomic E-state index is 10.2. The van der Waals surface area contributed by atoms with Gasteiger partial charge in [0, 0.05) is 19.2 Å². The predicted octanol–water partition coefficient (Wildman–Crippen LogP) is 1.06. The van der Waals surface area contributed by atoms with Crippen molar-refractivity contribution >= 4 is 11.8 Å². The average Bonchev–Trinajstić information content (AvgIpc) is 2.12. The van der Waals surface area contributed by atoms with E-state index in [1.165, 1.54) is 0 Å². The molecule has 0 fully saturated rings. The number of hydrogen-bond acceptors (Lipinski definition) is 4. The normalized spacial score (nSPS) is 9.79. The summed E-state index contributed by atoms with van der Waals surface area (Å²) in [5.74, 6) is 0.668. The highest BCUT2D eigenvalue weighted by molar-refractivity contribution is 5.66. The number of aryl methyl sites for hydroxylation is 1. The monoisotopic (exact) mass is 195 g/mol. The minimum Gasteiger partial charge on any atom is -0.481 e. The predicted molar refractivity (Wildman–Crippen MR) is 52.1 cm³/mol. The molecular formula is C9H13N3O2. The number of carbonyl (C=O) groups is 1. The van der Waals surface area contributed by atoms with Gasteiger partial charge in [-0.1, -0.05) is 0 Å². The Balaban J connectivity index is 2.28. The summed E-state index contributed by atoms with van der Waals surface area (Å²) in [7, 11) is 0. The second-order valence-corrected chi connectivity index (χ2v) is 2.91. The standard InChI is InChI=1S/C9H13N3O2/c1-7-10-6-4-8(12-7)11-5-2-3-9(13)14/h4,6H,2-3,5H2,1H3,(H,13,14)(H,10,11,12). The van der Waals surface area contributed by atoms with Gasteiger partial charge in [0.1, 0.15) is 11.6 Å². The van der Waals surface area contributed by atoms with E-state index in [9.17, 15) is 4.79 Å². The van der Waals surface area contributed by atoms with Gasteiger partial charge in [-0.05, 0) is 19.4 Å². The third kappa shape index (κ3) is 3.84. The molecule has 14 heavy (non-hydrogen) atoms. The van der Waals surface area contributed by atoms with Crippen LogP contribution in [-0.4, -0.2) is 27.6 Å². The Kier molecular flexibility index (Phi) is 3.84. The first-order chi connectivity index (χ1) is 6.68. The quantitative estimate of drug-likeness (QED) is 0.687. The highest BCUT2D eigenvalue weighted by atomic mass is 16.4. The van der Waals surface area contributed by atoms with Gasteiger partial charge in [0.15, 0.2) is 0 Å². The van der Waals surface area contributed by atoms with Crippen LogP contribution < -0.4 is 5.32 Å². The zero-order valence-corrected chi connectivity index (χ0v) is 8.03. The van der Waals surface area contributed by atoms with E-state index in [4.69, 9.17) is 5.11 Å². The van der Waals surface area contributed by atoms with E-state index in [0.29, 0.717) is 18.8 Å². The van der Waals surface area contributed by atoms with Gasteiger partial charge < -0.3 is 10.4 Å². The molecule has 0 bridgehead atoms. The molecule has 76 valence electrons. The second kappa shape index (κ2) is 5.16. The van der Waals surface area contributed by atoms with Crippen molar-refractivity contribution in [1.82, 2.24) is 9.97 Å². The third-order valence-electron chi connectivity index (χ3n) is 1.65. The van der Waals surface area contributed by atoms with Crippen molar-refractivity contribution in [3.8, 4) is 0 Å². The maximum Gasteiger partial charge on any atom is 0.303 e. The van der Waals surface area contributed by atoms with E-state index in [1.54, 1.807) is 12.3 Å². The molecule has 0 saturated heterocycles. The number of aromatic nitrogens is 2. The second-order valence-electron chi connectivity index (χ2n) is 2.91. The van der Waals surface area contributed by atoms with Crippen molar-refractivity contribution in [1.29, 1.82) is 0 Å². The molecule has 1 heterocycles. The number of carboxylic acids is 1. The van der Waals surface area contributed by atoms with Gasteiger partial charge in [-0.15, -0.1) is 0 Å². The van der Waals surface area contributed by atoms with Crippen LogP contribution in [0.4, 0.5) is 5.82 Å². The highest BCUT2D eigenvalue weighted by Crippen LogP contribution is 2.01. The van der Waals surface area contributed by atoms with Crippen molar-refractivity contribution in [2.24, 2.45) is 0 Å². The van der Waals surface area contributed by atoms with E-state index < -0.39 is 5.97 Å². The molecule has 2 N–H and O–H groups in total. The number of rotatable bonds is 5. The van der Waals surface area contributed by atoms with Crippen LogP contribution in [0.25, 0.3) is 0 Å². The molecule has 0 spiro atoms. The fourth-order valence-electron chi connectivity index (χ4n) is 1.01. The largest absolute Gasteiger partial charge is 0.481 e. The van der Waals surface area contributed by atoms with Gasteiger partial charge >= 0.3 is 5.97 Å². The molecular weight excluding hydrogens is 182 g/mol. The van der Waals surface area contributed by atoms with E-state index in [0.717, 1.165) is 5.82 Å². The lowest BCUT2D eigenvalue weighted by molar-refractivity contribution is -0.137. The zero-order chi connectivity index (χ0) is 10.4. The minimum absolute atomic E-state index is 0.178. The van der Waals surface area contributed by atoms with Crippen molar-refractivity contribution in [2.45, 2.75) is 19.8 Å². The molecule has 5 nitrogen and oxygen atoms in total. The Morgan fingerprint density at radius 2 is 2.43 bits per heavy atom. The number of aliphatic carboxylic acids is 1.